The van der Waals surface area contributed by atoms with Gasteiger partial charge in [-0.25, -0.2) is 0 Å². The SMILES string of the molecule is CN(C)CCN1CCOC[C@@]2(CCCN(C(=O)c3ccc(-n4cccc4)cc3)C2)C1. The van der Waals surface area contributed by atoms with E-state index in [2.05, 4.69) is 28.5 Å². The van der Waals surface area contributed by atoms with Crippen LogP contribution in [0.5, 0.6) is 0 Å². The van der Waals surface area contributed by atoms with E-state index in [0.717, 1.165) is 76.6 Å². The number of hydrogen-bond acceptors (Lipinski definition) is 4. The van der Waals surface area contributed by atoms with Crippen LogP contribution in [0.1, 0.15) is 23.2 Å². The number of aromatic nitrogens is 1. The fraction of sp³-hybridized carbons (Fsp3) is 0.542. The summed E-state index contributed by atoms with van der Waals surface area (Å²) in [7, 11) is 4.24. The number of rotatable bonds is 5. The van der Waals surface area contributed by atoms with Gasteiger partial charge in [-0.15, -0.1) is 0 Å². The topological polar surface area (TPSA) is 41.0 Å². The third-order valence-corrected chi connectivity index (χ3v) is 6.35. The molecular weight excluding hydrogens is 376 g/mol. The van der Waals surface area contributed by atoms with Crippen molar-refractivity contribution in [1.29, 1.82) is 0 Å². The quantitative estimate of drug-likeness (QED) is 0.760. The van der Waals surface area contributed by atoms with Gasteiger partial charge in [-0.1, -0.05) is 0 Å². The minimum Gasteiger partial charge on any atom is -0.379 e. The number of carbonyl (C=O) groups is 1. The molecule has 2 fully saturated rings. The molecule has 1 aromatic heterocycles. The van der Waals surface area contributed by atoms with E-state index in [4.69, 9.17) is 4.74 Å². The molecule has 0 unspecified atom stereocenters. The number of amides is 1. The van der Waals surface area contributed by atoms with Gasteiger partial charge in [0, 0.05) is 68.3 Å². The van der Waals surface area contributed by atoms with E-state index in [0.29, 0.717) is 0 Å². The molecule has 0 radical (unpaired) electrons. The molecular formula is C24H34N4O2. The van der Waals surface area contributed by atoms with Crippen LogP contribution in [0.15, 0.2) is 48.8 Å². The molecule has 30 heavy (non-hydrogen) atoms. The summed E-state index contributed by atoms with van der Waals surface area (Å²) in [4.78, 5) is 20.1. The second-order valence-electron chi connectivity index (χ2n) is 9.10. The fourth-order valence-corrected chi connectivity index (χ4v) is 4.71. The molecule has 2 aromatic rings. The number of ether oxygens (including phenoxy) is 1. The van der Waals surface area contributed by atoms with E-state index >= 15 is 0 Å². The summed E-state index contributed by atoms with van der Waals surface area (Å²) in [5, 5.41) is 0. The molecule has 1 atom stereocenters. The van der Waals surface area contributed by atoms with Crippen molar-refractivity contribution in [3.63, 3.8) is 0 Å². The Kier molecular flexibility index (Phi) is 6.56. The second-order valence-corrected chi connectivity index (χ2v) is 9.10. The number of likely N-dealkylation sites (N-methyl/N-ethyl adjacent to an activating group) is 1. The van der Waals surface area contributed by atoms with Crippen molar-refractivity contribution in [2.75, 3.05) is 66.6 Å². The minimum atomic E-state index is 0.0435. The van der Waals surface area contributed by atoms with E-state index in [1.165, 1.54) is 0 Å². The van der Waals surface area contributed by atoms with Crippen molar-refractivity contribution >= 4 is 5.91 Å². The van der Waals surface area contributed by atoms with Gasteiger partial charge >= 0.3 is 0 Å². The maximum Gasteiger partial charge on any atom is 0.253 e. The highest BCUT2D eigenvalue weighted by Gasteiger charge is 2.40. The van der Waals surface area contributed by atoms with Crippen LogP contribution in [0.3, 0.4) is 0 Å². The van der Waals surface area contributed by atoms with Crippen molar-refractivity contribution in [2.24, 2.45) is 5.41 Å². The Bertz CT molecular complexity index is 818. The molecule has 0 aliphatic carbocycles. The van der Waals surface area contributed by atoms with Gasteiger partial charge in [-0.05, 0) is 63.3 Å². The molecule has 6 nitrogen and oxygen atoms in total. The number of carbonyl (C=O) groups excluding carboxylic acids is 1. The predicted molar refractivity (Wildman–Crippen MR) is 119 cm³/mol. The van der Waals surface area contributed by atoms with Crippen LogP contribution in [0.4, 0.5) is 0 Å². The first kappa shape index (κ1) is 21.1. The monoisotopic (exact) mass is 410 g/mol. The summed E-state index contributed by atoms with van der Waals surface area (Å²) < 4.78 is 8.07. The zero-order chi connectivity index (χ0) is 21.0. The van der Waals surface area contributed by atoms with Crippen molar-refractivity contribution in [3.05, 3.63) is 54.4 Å². The number of hydrogen-bond donors (Lipinski definition) is 0. The predicted octanol–water partition coefficient (Wildman–Crippen LogP) is 2.59. The van der Waals surface area contributed by atoms with E-state index in [1.807, 2.05) is 53.7 Å². The molecule has 4 rings (SSSR count). The first-order valence-corrected chi connectivity index (χ1v) is 11.0. The first-order valence-electron chi connectivity index (χ1n) is 11.0. The standard InChI is InChI=1S/C24H34N4O2/c1-25(2)14-15-26-16-17-30-20-24(18-26)10-5-13-28(19-24)23(29)21-6-8-22(9-7-21)27-11-3-4-12-27/h3-4,6-9,11-12H,5,10,13-20H2,1-2H3/t24-/m0/s1. The van der Waals surface area contributed by atoms with Gasteiger partial charge in [0.2, 0.25) is 0 Å². The molecule has 2 aliphatic rings. The number of benzene rings is 1. The maximum absolute atomic E-state index is 13.3. The number of nitrogens with zero attached hydrogens (tertiary/aromatic N) is 4. The normalized spacial score (nSPS) is 23.1. The number of piperidine rings is 1. The summed E-state index contributed by atoms with van der Waals surface area (Å²) >= 11 is 0. The molecule has 2 aliphatic heterocycles. The summed E-state index contributed by atoms with van der Waals surface area (Å²) in [6, 6.07) is 11.9. The third-order valence-electron chi connectivity index (χ3n) is 6.35. The molecule has 6 heteroatoms. The van der Waals surface area contributed by atoms with Crippen LogP contribution < -0.4 is 0 Å². The Morgan fingerprint density at radius 2 is 1.87 bits per heavy atom. The maximum atomic E-state index is 13.3. The van der Waals surface area contributed by atoms with Crippen molar-refractivity contribution < 1.29 is 9.53 Å². The number of likely N-dealkylation sites (tertiary alicyclic amines) is 1. The smallest absolute Gasteiger partial charge is 0.253 e. The van der Waals surface area contributed by atoms with E-state index in [9.17, 15) is 4.79 Å². The highest BCUT2D eigenvalue weighted by molar-refractivity contribution is 5.94. The van der Waals surface area contributed by atoms with Gasteiger partial charge in [0.1, 0.15) is 0 Å². The Labute approximate surface area is 180 Å². The molecule has 162 valence electrons. The molecule has 0 bridgehead atoms. The van der Waals surface area contributed by atoms with Crippen molar-refractivity contribution in [1.82, 2.24) is 19.3 Å². The van der Waals surface area contributed by atoms with Gasteiger partial charge in [-0.2, -0.15) is 0 Å². The summed E-state index contributed by atoms with van der Waals surface area (Å²) in [6.45, 7) is 7.23. The lowest BCUT2D eigenvalue weighted by atomic mass is 9.80. The van der Waals surface area contributed by atoms with E-state index in [-0.39, 0.29) is 11.3 Å². The van der Waals surface area contributed by atoms with Crippen LogP contribution in [-0.2, 0) is 4.74 Å². The first-order chi connectivity index (χ1) is 14.5. The van der Waals surface area contributed by atoms with Crippen molar-refractivity contribution in [2.45, 2.75) is 12.8 Å². The molecule has 0 saturated carbocycles. The Balaban J connectivity index is 1.44. The lowest BCUT2D eigenvalue weighted by Gasteiger charge is -2.43. The summed E-state index contributed by atoms with van der Waals surface area (Å²) in [5.74, 6) is 0.136. The highest BCUT2D eigenvalue weighted by atomic mass is 16.5. The van der Waals surface area contributed by atoms with Gasteiger partial charge in [0.15, 0.2) is 0 Å². The third kappa shape index (κ3) is 4.94. The molecule has 0 N–H and O–H groups in total. The zero-order valence-electron chi connectivity index (χ0n) is 18.3. The van der Waals surface area contributed by atoms with Gasteiger partial charge in [0.25, 0.3) is 5.91 Å². The largest absolute Gasteiger partial charge is 0.379 e. The zero-order valence-corrected chi connectivity index (χ0v) is 18.3. The second kappa shape index (κ2) is 9.33. The van der Waals surface area contributed by atoms with Crippen LogP contribution in [0.25, 0.3) is 5.69 Å². The summed E-state index contributed by atoms with van der Waals surface area (Å²) in [5.41, 5.74) is 1.88. The van der Waals surface area contributed by atoms with Crippen LogP contribution in [0.2, 0.25) is 0 Å². The average molecular weight is 411 g/mol. The van der Waals surface area contributed by atoms with Crippen molar-refractivity contribution in [3.8, 4) is 5.69 Å². The van der Waals surface area contributed by atoms with Crippen LogP contribution in [-0.4, -0.2) is 91.8 Å². The average Bonchev–Trinajstić information content (AvgIpc) is 3.22. The molecule has 1 aromatic carbocycles. The highest BCUT2D eigenvalue weighted by Crippen LogP contribution is 2.33. The Morgan fingerprint density at radius 1 is 1.10 bits per heavy atom. The Hall–Kier alpha value is -2.15. The van der Waals surface area contributed by atoms with E-state index in [1.54, 1.807) is 0 Å². The van der Waals surface area contributed by atoms with E-state index < -0.39 is 0 Å². The minimum absolute atomic E-state index is 0.0435. The van der Waals surface area contributed by atoms with Gasteiger partial charge in [-0.3, -0.25) is 9.69 Å². The lowest BCUT2D eigenvalue weighted by molar-refractivity contribution is 0.00717. The lowest BCUT2D eigenvalue weighted by Crippen LogP contribution is -2.52. The fourth-order valence-electron chi connectivity index (χ4n) is 4.71. The molecule has 3 heterocycles. The molecule has 2 saturated heterocycles. The van der Waals surface area contributed by atoms with Gasteiger partial charge < -0.3 is 19.1 Å². The Morgan fingerprint density at radius 3 is 2.60 bits per heavy atom. The van der Waals surface area contributed by atoms with Gasteiger partial charge in [0.05, 0.1) is 13.2 Å². The molecule has 1 spiro atoms. The van der Waals surface area contributed by atoms with Crippen LogP contribution in [0, 0.1) is 5.41 Å². The summed E-state index contributed by atoms with van der Waals surface area (Å²) in [6.07, 6.45) is 6.19. The molecule has 1 amide bonds. The van der Waals surface area contributed by atoms with Crippen LogP contribution >= 0.6 is 0 Å².